The van der Waals surface area contributed by atoms with Gasteiger partial charge in [-0.2, -0.15) is 0 Å². The highest BCUT2D eigenvalue weighted by molar-refractivity contribution is 6.32. The number of hydrogen-bond donors (Lipinski definition) is 0. The van der Waals surface area contributed by atoms with Crippen molar-refractivity contribution in [2.24, 2.45) is 0 Å². The number of halogens is 2. The third-order valence-electron chi connectivity index (χ3n) is 4.39. The fourth-order valence-corrected chi connectivity index (χ4v) is 3.29. The first-order chi connectivity index (χ1) is 8.98. The molecule has 1 aliphatic carbocycles. The molecule has 0 heterocycles. The summed E-state index contributed by atoms with van der Waals surface area (Å²) < 4.78 is 0. The van der Waals surface area contributed by atoms with Gasteiger partial charge in [-0.05, 0) is 51.1 Å². The van der Waals surface area contributed by atoms with Crippen LogP contribution in [0.1, 0.15) is 24.8 Å². The van der Waals surface area contributed by atoms with Crippen molar-refractivity contribution in [2.75, 3.05) is 32.6 Å². The molecule has 0 unspecified atom stereocenters. The van der Waals surface area contributed by atoms with Crippen LogP contribution < -0.4 is 4.90 Å². The van der Waals surface area contributed by atoms with Gasteiger partial charge in [-0.25, -0.2) is 0 Å². The van der Waals surface area contributed by atoms with Gasteiger partial charge in [0.15, 0.2) is 0 Å². The number of hydrogen-bond acceptors (Lipinski definition) is 2. The summed E-state index contributed by atoms with van der Waals surface area (Å²) in [7, 11) is 6.49. The van der Waals surface area contributed by atoms with Crippen LogP contribution in [-0.4, -0.2) is 38.1 Å². The van der Waals surface area contributed by atoms with Crippen LogP contribution in [0.25, 0.3) is 0 Å². The average molecular weight is 301 g/mol. The Kier molecular flexibility index (Phi) is 4.65. The van der Waals surface area contributed by atoms with Crippen LogP contribution in [0.2, 0.25) is 5.02 Å². The monoisotopic (exact) mass is 300 g/mol. The van der Waals surface area contributed by atoms with E-state index in [2.05, 4.69) is 37.0 Å². The lowest BCUT2D eigenvalue weighted by atomic mass is 9.75. The fourth-order valence-electron chi connectivity index (χ4n) is 2.75. The topological polar surface area (TPSA) is 6.48 Å². The number of anilines is 1. The number of benzene rings is 1. The number of nitrogens with zero attached hydrogens (tertiary/aromatic N) is 2. The lowest BCUT2D eigenvalue weighted by Crippen LogP contribution is -2.56. The zero-order valence-corrected chi connectivity index (χ0v) is 13.4. The van der Waals surface area contributed by atoms with Gasteiger partial charge >= 0.3 is 0 Å². The molecular weight excluding hydrogens is 279 g/mol. The Morgan fingerprint density at radius 3 is 2.32 bits per heavy atom. The summed E-state index contributed by atoms with van der Waals surface area (Å²) in [5, 5.41) is 0.756. The molecule has 2 nitrogen and oxygen atoms in total. The molecule has 0 aromatic heterocycles. The van der Waals surface area contributed by atoms with Crippen molar-refractivity contribution in [3.8, 4) is 0 Å². The number of alkyl halides is 1. The molecule has 0 atom stereocenters. The minimum absolute atomic E-state index is 0.326. The third-order valence-corrected chi connectivity index (χ3v) is 5.03. The highest BCUT2D eigenvalue weighted by Crippen LogP contribution is 2.37. The summed E-state index contributed by atoms with van der Waals surface area (Å²) in [5.74, 6) is 0.463. The molecule has 0 N–H and O–H groups in total. The van der Waals surface area contributed by atoms with Crippen molar-refractivity contribution >= 4 is 28.9 Å². The van der Waals surface area contributed by atoms with E-state index in [1.165, 1.54) is 19.3 Å². The van der Waals surface area contributed by atoms with E-state index < -0.39 is 0 Å². The number of rotatable bonds is 5. The molecule has 0 radical (unpaired) electrons. The lowest BCUT2D eigenvalue weighted by molar-refractivity contribution is 0.0683. The Morgan fingerprint density at radius 2 is 1.89 bits per heavy atom. The predicted octanol–water partition coefficient (Wildman–Crippen LogP) is 4.00. The molecule has 0 amide bonds. The van der Waals surface area contributed by atoms with Gasteiger partial charge in [-0.15, -0.1) is 11.6 Å². The lowest BCUT2D eigenvalue weighted by Gasteiger charge is -2.49. The van der Waals surface area contributed by atoms with Crippen molar-refractivity contribution in [3.05, 3.63) is 28.8 Å². The van der Waals surface area contributed by atoms with Crippen LogP contribution >= 0.6 is 23.2 Å². The maximum Gasteiger partial charge on any atom is 0.0488 e. The summed E-state index contributed by atoms with van der Waals surface area (Å²) >= 11 is 12.1. The summed E-state index contributed by atoms with van der Waals surface area (Å²) in [6.07, 6.45) is 3.88. The molecule has 1 aromatic carbocycles. The van der Waals surface area contributed by atoms with Crippen LogP contribution in [0.15, 0.2) is 18.2 Å². The fraction of sp³-hybridized carbons (Fsp3) is 0.600. The van der Waals surface area contributed by atoms with Gasteiger partial charge in [0, 0.05) is 35.7 Å². The summed E-state index contributed by atoms with van der Waals surface area (Å²) in [5.41, 5.74) is 2.48. The molecular formula is C15H22Cl2N2. The van der Waals surface area contributed by atoms with Gasteiger partial charge < -0.3 is 9.80 Å². The smallest absolute Gasteiger partial charge is 0.0488 e. The van der Waals surface area contributed by atoms with Crippen molar-refractivity contribution in [2.45, 2.75) is 30.7 Å². The summed E-state index contributed by atoms with van der Waals surface area (Å²) in [6, 6.07) is 6.14. The Bertz CT molecular complexity index is 442. The second kappa shape index (κ2) is 5.90. The zero-order valence-electron chi connectivity index (χ0n) is 11.9. The van der Waals surface area contributed by atoms with Gasteiger partial charge in [0.05, 0.1) is 0 Å². The molecule has 1 fully saturated rings. The zero-order chi connectivity index (χ0) is 14.0. The van der Waals surface area contributed by atoms with E-state index in [9.17, 15) is 0 Å². The van der Waals surface area contributed by atoms with Crippen LogP contribution in [-0.2, 0) is 5.88 Å². The van der Waals surface area contributed by atoms with E-state index in [0.29, 0.717) is 11.4 Å². The molecule has 4 heteroatoms. The maximum atomic E-state index is 6.23. The quantitative estimate of drug-likeness (QED) is 0.759. The molecule has 0 aliphatic heterocycles. The van der Waals surface area contributed by atoms with Crippen LogP contribution in [0.3, 0.4) is 0 Å². The highest BCUT2D eigenvalue weighted by atomic mass is 35.5. The normalized spacial score (nSPS) is 17.4. The Hall–Kier alpha value is -0.440. The molecule has 0 saturated heterocycles. The molecule has 1 saturated carbocycles. The van der Waals surface area contributed by atoms with E-state index in [1.807, 2.05) is 12.1 Å². The van der Waals surface area contributed by atoms with Crippen molar-refractivity contribution in [1.29, 1.82) is 0 Å². The van der Waals surface area contributed by atoms with Crippen molar-refractivity contribution in [1.82, 2.24) is 4.90 Å². The molecule has 106 valence electrons. The van der Waals surface area contributed by atoms with E-state index in [0.717, 1.165) is 22.8 Å². The van der Waals surface area contributed by atoms with Crippen molar-refractivity contribution < 1.29 is 0 Å². The van der Waals surface area contributed by atoms with E-state index in [4.69, 9.17) is 23.2 Å². The molecule has 1 aromatic rings. The van der Waals surface area contributed by atoms with E-state index in [-0.39, 0.29) is 0 Å². The largest absolute Gasteiger partial charge is 0.373 e. The molecule has 19 heavy (non-hydrogen) atoms. The Morgan fingerprint density at radius 1 is 1.21 bits per heavy atom. The van der Waals surface area contributed by atoms with Gasteiger partial charge in [-0.1, -0.05) is 17.7 Å². The average Bonchev–Trinajstić information content (AvgIpc) is 2.32. The minimum atomic E-state index is 0.326. The maximum absolute atomic E-state index is 6.23. The summed E-state index contributed by atoms with van der Waals surface area (Å²) in [4.78, 5) is 4.66. The van der Waals surface area contributed by atoms with Gasteiger partial charge in [0.2, 0.25) is 0 Å². The van der Waals surface area contributed by atoms with Gasteiger partial charge in [-0.3, -0.25) is 0 Å². The molecule has 1 aliphatic rings. The van der Waals surface area contributed by atoms with Gasteiger partial charge in [0.1, 0.15) is 0 Å². The summed E-state index contributed by atoms with van der Waals surface area (Å²) in [6.45, 7) is 1.04. The molecule has 0 spiro atoms. The van der Waals surface area contributed by atoms with Gasteiger partial charge in [0.25, 0.3) is 0 Å². The van der Waals surface area contributed by atoms with Crippen LogP contribution in [0, 0.1) is 0 Å². The van der Waals surface area contributed by atoms with Crippen molar-refractivity contribution in [3.63, 3.8) is 0 Å². The Labute approximate surface area is 126 Å². The SMILES string of the molecule is CN(CC1(N(C)C)CCC1)c1ccc(CCl)c(Cl)c1. The van der Waals surface area contributed by atoms with E-state index in [1.54, 1.807) is 0 Å². The van der Waals surface area contributed by atoms with E-state index >= 15 is 0 Å². The predicted molar refractivity (Wildman–Crippen MR) is 84.5 cm³/mol. The minimum Gasteiger partial charge on any atom is -0.373 e. The first kappa shape index (κ1) is 15.0. The number of likely N-dealkylation sites (N-methyl/N-ethyl adjacent to an activating group) is 2. The first-order valence-corrected chi connectivity index (χ1v) is 7.63. The second-order valence-electron chi connectivity index (χ2n) is 5.74. The highest BCUT2D eigenvalue weighted by Gasteiger charge is 2.39. The first-order valence-electron chi connectivity index (χ1n) is 6.71. The van der Waals surface area contributed by atoms with Crippen LogP contribution in [0.4, 0.5) is 5.69 Å². The Balaban J connectivity index is 2.11. The standard InChI is InChI=1S/C15H22Cl2N2/c1-18(2)15(7-4-8-15)11-19(3)13-6-5-12(10-16)14(17)9-13/h5-6,9H,4,7-8,10-11H2,1-3H3. The molecule has 0 bridgehead atoms. The second-order valence-corrected chi connectivity index (χ2v) is 6.41. The third kappa shape index (κ3) is 3.01. The molecule has 2 rings (SSSR count). The van der Waals surface area contributed by atoms with Crippen LogP contribution in [0.5, 0.6) is 0 Å².